The van der Waals surface area contributed by atoms with Crippen LogP contribution in [0.4, 0.5) is 5.69 Å². The van der Waals surface area contributed by atoms with E-state index in [1.54, 1.807) is 16.8 Å². The number of hydrogen-bond acceptors (Lipinski definition) is 1. The Bertz CT molecular complexity index is 898. The second kappa shape index (κ2) is 7.86. The standard InChI is InChI=1S/C28H33N/c1-3-21-11-7-8-14-24(21)20(2)22-17-18-28-26(19-22)25-15-9-10-16-27(25)29(28)23-12-5-4-6-13-23/h4-9,12-15,17-18,20-21,25-27H,3,10-11,16,19H2,1-2H3. The number of para-hydroxylation sites is 1. The molecule has 4 aliphatic rings. The average molecular weight is 384 g/mol. The van der Waals surface area contributed by atoms with E-state index in [4.69, 9.17) is 0 Å². The van der Waals surface area contributed by atoms with E-state index in [-0.39, 0.29) is 0 Å². The van der Waals surface area contributed by atoms with Gasteiger partial charge in [-0.15, -0.1) is 0 Å². The number of allylic oxidation sites excluding steroid dienone is 9. The molecule has 0 N–H and O–H groups in total. The van der Waals surface area contributed by atoms with E-state index in [0.29, 0.717) is 29.7 Å². The van der Waals surface area contributed by atoms with Crippen LogP contribution in [-0.2, 0) is 0 Å². The van der Waals surface area contributed by atoms with Gasteiger partial charge in [0, 0.05) is 29.3 Å². The lowest BCUT2D eigenvalue weighted by atomic mass is 9.73. The highest BCUT2D eigenvalue weighted by Gasteiger charge is 2.46. The maximum Gasteiger partial charge on any atom is 0.0411 e. The lowest BCUT2D eigenvalue weighted by Gasteiger charge is -2.32. The monoisotopic (exact) mass is 383 g/mol. The van der Waals surface area contributed by atoms with Crippen molar-refractivity contribution in [2.45, 2.75) is 52.0 Å². The van der Waals surface area contributed by atoms with Crippen molar-refractivity contribution in [2.24, 2.45) is 23.7 Å². The molecule has 0 saturated carbocycles. The SMILES string of the molecule is CCC1CC=CC=C1C(C)C1=CC=C2C(C1)C1C=CCCC1N2c1ccccc1. The molecule has 0 amide bonds. The highest BCUT2D eigenvalue weighted by Crippen LogP contribution is 2.51. The number of nitrogens with zero attached hydrogens (tertiary/aromatic N) is 1. The minimum absolute atomic E-state index is 0.555. The summed E-state index contributed by atoms with van der Waals surface area (Å²) >= 11 is 0. The number of benzene rings is 1. The summed E-state index contributed by atoms with van der Waals surface area (Å²) in [6, 6.07) is 11.7. The molecule has 5 atom stereocenters. The topological polar surface area (TPSA) is 3.24 Å². The smallest absolute Gasteiger partial charge is 0.0411 e. The molecule has 29 heavy (non-hydrogen) atoms. The van der Waals surface area contributed by atoms with E-state index in [9.17, 15) is 0 Å². The molecule has 5 unspecified atom stereocenters. The molecule has 0 aromatic heterocycles. The summed E-state index contributed by atoms with van der Waals surface area (Å²) in [5.41, 5.74) is 6.18. The molecule has 0 radical (unpaired) electrons. The summed E-state index contributed by atoms with van der Waals surface area (Å²) in [5, 5.41) is 0. The zero-order valence-electron chi connectivity index (χ0n) is 17.8. The van der Waals surface area contributed by atoms with Crippen molar-refractivity contribution in [3.8, 4) is 0 Å². The third kappa shape index (κ3) is 3.25. The zero-order valence-corrected chi connectivity index (χ0v) is 17.8. The minimum Gasteiger partial charge on any atom is -0.341 e. The molecule has 0 spiro atoms. The van der Waals surface area contributed by atoms with Gasteiger partial charge in [0.15, 0.2) is 0 Å². The third-order valence-electron chi connectivity index (χ3n) is 7.71. The molecular weight excluding hydrogens is 350 g/mol. The molecule has 3 aliphatic carbocycles. The Balaban J connectivity index is 1.49. The molecule has 1 aliphatic heterocycles. The highest BCUT2D eigenvalue weighted by molar-refractivity contribution is 5.59. The van der Waals surface area contributed by atoms with Crippen LogP contribution in [0.1, 0.15) is 46.0 Å². The maximum atomic E-state index is 2.66. The van der Waals surface area contributed by atoms with Gasteiger partial charge in [0.05, 0.1) is 0 Å². The van der Waals surface area contributed by atoms with Gasteiger partial charge in [-0.2, -0.15) is 0 Å². The Morgan fingerprint density at radius 1 is 1.07 bits per heavy atom. The first-order valence-electron chi connectivity index (χ1n) is 11.6. The fourth-order valence-corrected chi connectivity index (χ4v) is 6.13. The molecule has 5 rings (SSSR count). The molecule has 1 fully saturated rings. The fourth-order valence-electron chi connectivity index (χ4n) is 6.13. The number of hydrogen-bond donors (Lipinski definition) is 0. The molecule has 1 aromatic rings. The van der Waals surface area contributed by atoms with E-state index >= 15 is 0 Å². The van der Waals surface area contributed by atoms with Gasteiger partial charge in [-0.3, -0.25) is 0 Å². The summed E-state index contributed by atoms with van der Waals surface area (Å²) in [5.74, 6) is 2.54. The van der Waals surface area contributed by atoms with Gasteiger partial charge >= 0.3 is 0 Å². The lowest BCUT2D eigenvalue weighted by molar-refractivity contribution is 0.409. The van der Waals surface area contributed by atoms with Crippen molar-refractivity contribution in [3.05, 3.63) is 89.7 Å². The van der Waals surface area contributed by atoms with Crippen molar-refractivity contribution >= 4 is 5.69 Å². The third-order valence-corrected chi connectivity index (χ3v) is 7.71. The predicted octanol–water partition coefficient (Wildman–Crippen LogP) is 7.22. The van der Waals surface area contributed by atoms with Gasteiger partial charge in [-0.05, 0) is 62.1 Å². The van der Waals surface area contributed by atoms with E-state index in [1.165, 1.54) is 37.8 Å². The molecule has 1 heterocycles. The summed E-state index contributed by atoms with van der Waals surface area (Å²) in [7, 11) is 0. The fraction of sp³-hybridized carbons (Fsp3) is 0.429. The van der Waals surface area contributed by atoms with Gasteiger partial charge in [-0.1, -0.05) is 79.6 Å². The van der Waals surface area contributed by atoms with Crippen LogP contribution < -0.4 is 4.90 Å². The van der Waals surface area contributed by atoms with Crippen LogP contribution >= 0.6 is 0 Å². The summed E-state index contributed by atoms with van der Waals surface area (Å²) in [6.07, 6.45) is 23.0. The quantitative estimate of drug-likeness (QED) is 0.496. The lowest BCUT2D eigenvalue weighted by Crippen LogP contribution is -2.32. The van der Waals surface area contributed by atoms with Crippen molar-refractivity contribution < 1.29 is 0 Å². The van der Waals surface area contributed by atoms with Gasteiger partial charge in [0.2, 0.25) is 0 Å². The first-order valence-corrected chi connectivity index (χ1v) is 11.6. The van der Waals surface area contributed by atoms with E-state index in [2.05, 4.69) is 91.6 Å². The molecule has 150 valence electrons. The average Bonchev–Trinajstić information content (AvgIpc) is 3.13. The van der Waals surface area contributed by atoms with Crippen molar-refractivity contribution in [3.63, 3.8) is 0 Å². The molecular formula is C28H33N. The maximum absolute atomic E-state index is 2.66. The Hall–Kier alpha value is -2.28. The number of anilines is 1. The summed E-state index contributed by atoms with van der Waals surface area (Å²) in [6.45, 7) is 4.78. The Kier molecular flexibility index (Phi) is 5.08. The molecule has 1 nitrogen and oxygen atoms in total. The minimum atomic E-state index is 0.555. The van der Waals surface area contributed by atoms with E-state index < -0.39 is 0 Å². The molecule has 1 heteroatoms. The van der Waals surface area contributed by atoms with Crippen LogP contribution in [0.25, 0.3) is 0 Å². The first-order chi connectivity index (χ1) is 14.3. The van der Waals surface area contributed by atoms with Crippen LogP contribution in [0.2, 0.25) is 0 Å². The largest absolute Gasteiger partial charge is 0.341 e. The second-order valence-electron chi connectivity index (χ2n) is 9.16. The molecule has 0 bridgehead atoms. The van der Waals surface area contributed by atoms with Crippen molar-refractivity contribution in [2.75, 3.05) is 4.90 Å². The molecule has 1 saturated heterocycles. The number of fused-ring (bicyclic) bond motifs is 3. The van der Waals surface area contributed by atoms with Crippen molar-refractivity contribution in [1.29, 1.82) is 0 Å². The van der Waals surface area contributed by atoms with Gasteiger partial charge in [-0.25, -0.2) is 0 Å². The van der Waals surface area contributed by atoms with Gasteiger partial charge in [0.1, 0.15) is 0 Å². The van der Waals surface area contributed by atoms with Gasteiger partial charge < -0.3 is 4.90 Å². The first kappa shape index (κ1) is 18.7. The zero-order chi connectivity index (χ0) is 19.8. The highest BCUT2D eigenvalue weighted by atomic mass is 15.2. The second-order valence-corrected chi connectivity index (χ2v) is 9.16. The van der Waals surface area contributed by atoms with E-state index in [0.717, 1.165) is 0 Å². The van der Waals surface area contributed by atoms with Crippen molar-refractivity contribution in [1.82, 2.24) is 0 Å². The molecule has 1 aromatic carbocycles. The van der Waals surface area contributed by atoms with Gasteiger partial charge in [0.25, 0.3) is 0 Å². The predicted molar refractivity (Wildman–Crippen MR) is 124 cm³/mol. The Morgan fingerprint density at radius 2 is 1.93 bits per heavy atom. The number of rotatable bonds is 4. The summed E-state index contributed by atoms with van der Waals surface area (Å²) < 4.78 is 0. The Labute approximate surface area is 176 Å². The van der Waals surface area contributed by atoms with Crippen LogP contribution in [0.15, 0.2) is 89.7 Å². The Morgan fingerprint density at radius 3 is 2.76 bits per heavy atom. The van der Waals surface area contributed by atoms with Crippen LogP contribution in [0.5, 0.6) is 0 Å². The van der Waals surface area contributed by atoms with Crippen LogP contribution in [0.3, 0.4) is 0 Å². The normalized spacial score (nSPS) is 31.5. The van der Waals surface area contributed by atoms with E-state index in [1.807, 2.05) is 0 Å². The summed E-state index contributed by atoms with van der Waals surface area (Å²) in [4.78, 5) is 2.66. The van der Waals surface area contributed by atoms with Crippen LogP contribution in [-0.4, -0.2) is 6.04 Å². The van der Waals surface area contributed by atoms with Crippen LogP contribution in [0, 0.1) is 23.7 Å².